The monoisotopic (exact) mass is 318 g/mol. The molecule has 1 aromatic carbocycles. The first kappa shape index (κ1) is 15.0. The maximum Gasteiger partial charge on any atom is 0.387 e. The Morgan fingerprint density at radius 3 is 2.43 bits per heavy atom. The molecule has 114 valence electrons. The number of rotatable bonds is 5. The Morgan fingerprint density at radius 1 is 1.33 bits per heavy atom. The molecule has 0 saturated heterocycles. The molecule has 10 heteroatoms. The van der Waals surface area contributed by atoms with E-state index >= 15 is 0 Å². The van der Waals surface area contributed by atoms with Crippen molar-refractivity contribution in [2.24, 2.45) is 7.05 Å². The summed E-state index contributed by atoms with van der Waals surface area (Å²) in [4.78, 5) is -0.169. The predicted molar refractivity (Wildman–Crippen MR) is 71.5 cm³/mol. The van der Waals surface area contributed by atoms with E-state index in [1.807, 2.05) is 0 Å². The van der Waals surface area contributed by atoms with Gasteiger partial charge in [-0.1, -0.05) is 0 Å². The number of hydrogen-bond acceptors (Lipinski definition) is 5. The van der Waals surface area contributed by atoms with Crippen molar-refractivity contribution >= 4 is 21.5 Å². The number of aromatic nitrogens is 2. The van der Waals surface area contributed by atoms with E-state index in [1.165, 1.54) is 42.2 Å². The van der Waals surface area contributed by atoms with Crippen LogP contribution in [0.5, 0.6) is 5.75 Å². The minimum Gasteiger partial charge on any atom is -0.435 e. The van der Waals surface area contributed by atoms with Crippen molar-refractivity contribution < 1.29 is 21.9 Å². The number of nitrogens with zero attached hydrogens (tertiary/aromatic N) is 2. The SMILES string of the molecule is Cn1cc(S(=O)(=O)Nc2ccc(OC(F)F)cc2)c(N)n1. The van der Waals surface area contributed by atoms with Crippen LogP contribution in [0.4, 0.5) is 20.3 Å². The number of sulfonamides is 1. The molecule has 0 bridgehead atoms. The van der Waals surface area contributed by atoms with Gasteiger partial charge in [0.25, 0.3) is 10.0 Å². The molecule has 0 spiro atoms. The van der Waals surface area contributed by atoms with Crippen LogP contribution in [-0.4, -0.2) is 24.8 Å². The van der Waals surface area contributed by atoms with Crippen molar-refractivity contribution in [1.82, 2.24) is 9.78 Å². The highest BCUT2D eigenvalue weighted by Gasteiger charge is 2.20. The summed E-state index contributed by atoms with van der Waals surface area (Å²) < 4.78 is 55.9. The van der Waals surface area contributed by atoms with Crippen molar-refractivity contribution in [3.63, 3.8) is 0 Å². The Balaban J connectivity index is 2.19. The number of benzene rings is 1. The molecule has 0 unspecified atom stereocenters. The number of hydrogen-bond donors (Lipinski definition) is 2. The van der Waals surface area contributed by atoms with E-state index in [-0.39, 0.29) is 22.2 Å². The van der Waals surface area contributed by atoms with Crippen molar-refractivity contribution in [2.45, 2.75) is 11.5 Å². The van der Waals surface area contributed by atoms with Gasteiger partial charge in [-0.05, 0) is 24.3 Å². The van der Waals surface area contributed by atoms with Gasteiger partial charge in [0.05, 0.1) is 0 Å². The summed E-state index contributed by atoms with van der Waals surface area (Å²) in [5.41, 5.74) is 5.69. The van der Waals surface area contributed by atoms with Crippen LogP contribution in [0.3, 0.4) is 0 Å². The van der Waals surface area contributed by atoms with Crippen molar-refractivity contribution in [3.8, 4) is 5.75 Å². The third-order valence-corrected chi connectivity index (χ3v) is 3.84. The van der Waals surface area contributed by atoms with Gasteiger partial charge >= 0.3 is 6.61 Å². The summed E-state index contributed by atoms with van der Waals surface area (Å²) >= 11 is 0. The highest BCUT2D eigenvalue weighted by Crippen LogP contribution is 2.22. The lowest BCUT2D eigenvalue weighted by atomic mass is 10.3. The van der Waals surface area contributed by atoms with E-state index in [0.717, 1.165) is 0 Å². The molecular formula is C11H12F2N4O3S. The Kier molecular flexibility index (Phi) is 3.98. The van der Waals surface area contributed by atoms with Gasteiger partial charge in [-0.3, -0.25) is 9.40 Å². The highest BCUT2D eigenvalue weighted by atomic mass is 32.2. The normalized spacial score (nSPS) is 11.6. The molecule has 21 heavy (non-hydrogen) atoms. The molecule has 0 radical (unpaired) electrons. The Labute approximate surface area is 119 Å². The summed E-state index contributed by atoms with van der Waals surface area (Å²) in [6.45, 7) is -2.94. The number of nitrogens with one attached hydrogen (secondary N) is 1. The molecule has 0 aliphatic carbocycles. The van der Waals surface area contributed by atoms with Crippen molar-refractivity contribution in [2.75, 3.05) is 10.5 Å². The standard InChI is InChI=1S/C11H12F2N4O3S/c1-17-6-9(10(14)15-17)21(18,19)16-7-2-4-8(5-3-7)20-11(12)13/h2-6,11,16H,1H3,(H2,14,15). The van der Waals surface area contributed by atoms with Crippen LogP contribution in [0.1, 0.15) is 0 Å². The lowest BCUT2D eigenvalue weighted by Gasteiger charge is -2.08. The molecule has 0 aliphatic rings. The third-order valence-electron chi connectivity index (χ3n) is 2.44. The average molecular weight is 318 g/mol. The fourth-order valence-electron chi connectivity index (χ4n) is 1.61. The second-order valence-corrected chi connectivity index (χ2v) is 5.71. The molecule has 0 fully saturated rings. The van der Waals surface area contributed by atoms with Crippen molar-refractivity contribution in [1.29, 1.82) is 0 Å². The lowest BCUT2D eigenvalue weighted by molar-refractivity contribution is -0.0498. The fraction of sp³-hybridized carbons (Fsp3) is 0.182. The van der Waals surface area contributed by atoms with Gasteiger partial charge in [0.1, 0.15) is 10.6 Å². The third kappa shape index (κ3) is 3.60. The number of aryl methyl sites for hydroxylation is 1. The Morgan fingerprint density at radius 2 is 1.95 bits per heavy atom. The summed E-state index contributed by atoms with van der Waals surface area (Å²) in [5, 5.41) is 3.74. The second kappa shape index (κ2) is 5.56. The van der Waals surface area contributed by atoms with Crippen LogP contribution in [0, 0.1) is 0 Å². The van der Waals surface area contributed by atoms with E-state index in [4.69, 9.17) is 5.73 Å². The van der Waals surface area contributed by atoms with Crippen LogP contribution < -0.4 is 15.2 Å². The molecule has 2 aromatic rings. The second-order valence-electron chi connectivity index (χ2n) is 4.06. The maximum atomic E-state index is 12.1. The molecule has 7 nitrogen and oxygen atoms in total. The van der Waals surface area contributed by atoms with Gasteiger partial charge in [0.2, 0.25) is 0 Å². The van der Waals surface area contributed by atoms with Gasteiger partial charge in [-0.15, -0.1) is 0 Å². The van der Waals surface area contributed by atoms with Crippen molar-refractivity contribution in [3.05, 3.63) is 30.5 Å². The number of halogens is 2. The largest absolute Gasteiger partial charge is 0.435 e. The van der Waals surface area contributed by atoms with E-state index in [1.54, 1.807) is 0 Å². The lowest BCUT2D eigenvalue weighted by Crippen LogP contribution is -2.14. The first-order valence-electron chi connectivity index (χ1n) is 5.65. The quantitative estimate of drug-likeness (QED) is 0.868. The first-order valence-corrected chi connectivity index (χ1v) is 7.13. The molecule has 1 aromatic heterocycles. The van der Waals surface area contributed by atoms with Gasteiger partial charge in [0, 0.05) is 18.9 Å². The molecular weight excluding hydrogens is 306 g/mol. The predicted octanol–water partition coefficient (Wildman–Crippen LogP) is 1.40. The summed E-state index contributed by atoms with van der Waals surface area (Å²) in [7, 11) is -2.37. The van der Waals surface area contributed by atoms with E-state index < -0.39 is 16.6 Å². The number of ether oxygens (including phenoxy) is 1. The zero-order chi connectivity index (χ0) is 15.6. The number of nitrogen functional groups attached to an aromatic ring is 1. The summed E-state index contributed by atoms with van der Waals surface area (Å²) in [6, 6.07) is 5.02. The molecule has 3 N–H and O–H groups in total. The fourth-order valence-corrected chi connectivity index (χ4v) is 2.77. The smallest absolute Gasteiger partial charge is 0.387 e. The van der Waals surface area contributed by atoms with E-state index in [0.29, 0.717) is 0 Å². The number of anilines is 2. The zero-order valence-corrected chi connectivity index (χ0v) is 11.6. The summed E-state index contributed by atoms with van der Waals surface area (Å²) in [5.74, 6) is -0.212. The van der Waals surface area contributed by atoms with E-state index in [2.05, 4.69) is 14.6 Å². The van der Waals surface area contributed by atoms with Crippen LogP contribution in [-0.2, 0) is 17.1 Å². The number of nitrogens with two attached hydrogens (primary N) is 1. The Hall–Kier alpha value is -2.36. The Bertz CT molecular complexity index is 728. The van der Waals surface area contributed by atoms with Crippen LogP contribution in [0.2, 0.25) is 0 Å². The minimum absolute atomic E-state index is 0.0751. The van der Waals surface area contributed by atoms with Crippen LogP contribution >= 0.6 is 0 Å². The van der Waals surface area contributed by atoms with Gasteiger partial charge in [0.15, 0.2) is 5.82 Å². The van der Waals surface area contributed by atoms with E-state index in [9.17, 15) is 17.2 Å². The van der Waals surface area contributed by atoms with Gasteiger partial charge in [-0.2, -0.15) is 13.9 Å². The molecule has 0 atom stereocenters. The molecule has 1 heterocycles. The summed E-state index contributed by atoms with van der Waals surface area (Å²) in [6.07, 6.45) is 1.26. The van der Waals surface area contributed by atoms with Crippen LogP contribution in [0.25, 0.3) is 0 Å². The highest BCUT2D eigenvalue weighted by molar-refractivity contribution is 7.92. The average Bonchev–Trinajstić information content (AvgIpc) is 2.71. The molecule has 0 amide bonds. The van der Waals surface area contributed by atoms with Gasteiger partial charge in [-0.25, -0.2) is 8.42 Å². The maximum absolute atomic E-state index is 12.1. The first-order chi connectivity index (χ1) is 9.78. The minimum atomic E-state index is -3.91. The van der Waals surface area contributed by atoms with Gasteiger partial charge < -0.3 is 10.5 Å². The molecule has 0 saturated carbocycles. The molecule has 2 rings (SSSR count). The topological polar surface area (TPSA) is 99.2 Å². The van der Waals surface area contributed by atoms with Crippen LogP contribution in [0.15, 0.2) is 35.4 Å². The molecule has 0 aliphatic heterocycles. The number of alkyl halides is 2. The zero-order valence-electron chi connectivity index (χ0n) is 10.8.